The van der Waals surface area contributed by atoms with Crippen molar-refractivity contribution < 1.29 is 32.5 Å². The molecule has 37 heavy (non-hydrogen) atoms. The number of likely N-dealkylation sites (tertiary alicyclic amines) is 1. The molecule has 4 fully saturated rings. The van der Waals surface area contributed by atoms with E-state index in [4.69, 9.17) is 9.47 Å². The number of methoxy groups -OCH3 is 1. The van der Waals surface area contributed by atoms with E-state index in [1.807, 2.05) is 9.80 Å². The number of hydrogen-bond acceptors (Lipinski definition) is 8. The number of hydrogen-bond donors (Lipinski definition) is 2. The summed E-state index contributed by atoms with van der Waals surface area (Å²) >= 11 is 0. The fraction of sp³-hybridized carbons (Fsp3) is 0.800. The number of piperazine rings is 1. The number of carbonyl (C=O) groups excluding carboxylic acids is 1. The Morgan fingerprint density at radius 1 is 1.27 bits per heavy atom. The summed E-state index contributed by atoms with van der Waals surface area (Å²) in [5, 5.41) is 22.4. The lowest BCUT2D eigenvalue weighted by Gasteiger charge is -2.45. The average molecular weight is 528 g/mol. The Kier molecular flexibility index (Phi) is 6.91. The molecule has 4 heterocycles. The molecule has 4 aliphatic rings. The zero-order valence-electron chi connectivity index (χ0n) is 21.5. The predicted molar refractivity (Wildman–Crippen MR) is 128 cm³/mol. The molecule has 0 radical (unpaired) electrons. The molecule has 2 bridgehead atoms. The molecule has 12 heteroatoms. The van der Waals surface area contributed by atoms with Gasteiger partial charge >= 0.3 is 6.18 Å². The summed E-state index contributed by atoms with van der Waals surface area (Å²) in [4.78, 5) is 17.8. The van der Waals surface area contributed by atoms with E-state index in [9.17, 15) is 23.1 Å². The molecular formula is C25H36F3N5O4. The number of ether oxygens (including phenoxy) is 2. The molecule has 1 saturated carbocycles. The summed E-state index contributed by atoms with van der Waals surface area (Å²) in [6, 6.07) is 0.933. The van der Waals surface area contributed by atoms with Crippen LogP contribution in [-0.2, 0) is 20.4 Å². The first-order valence-corrected chi connectivity index (χ1v) is 13.0. The van der Waals surface area contributed by atoms with Gasteiger partial charge in [0.1, 0.15) is 0 Å². The molecular weight excluding hydrogens is 491 g/mol. The Labute approximate surface area is 214 Å². The number of alkyl halides is 3. The third-order valence-electron chi connectivity index (χ3n) is 8.92. The summed E-state index contributed by atoms with van der Waals surface area (Å²) in [6.07, 6.45) is -0.512. The number of aliphatic hydroxyl groups is 1. The largest absolute Gasteiger partial charge is 0.418 e. The highest BCUT2D eigenvalue weighted by Gasteiger charge is 2.59. The van der Waals surface area contributed by atoms with Crippen molar-refractivity contribution in [1.29, 1.82) is 0 Å². The van der Waals surface area contributed by atoms with Crippen LogP contribution < -0.4 is 10.2 Å². The van der Waals surface area contributed by atoms with E-state index in [0.717, 1.165) is 25.1 Å². The van der Waals surface area contributed by atoms with Crippen molar-refractivity contribution in [3.63, 3.8) is 0 Å². The topological polar surface area (TPSA) is 100 Å². The maximum atomic E-state index is 14.1. The minimum atomic E-state index is -4.49. The number of nitrogens with zero attached hydrogens (tertiary/aromatic N) is 4. The van der Waals surface area contributed by atoms with Crippen molar-refractivity contribution in [1.82, 2.24) is 20.4 Å². The van der Waals surface area contributed by atoms with Crippen LogP contribution in [0, 0.1) is 5.41 Å². The molecule has 3 saturated heterocycles. The maximum absolute atomic E-state index is 14.1. The van der Waals surface area contributed by atoms with E-state index in [1.54, 1.807) is 21.0 Å². The standard InChI is InChI=1S/C25H36F3N5O4/c1-23(2,35)24(6-4-16(10-24)30-19-5-7-37-14-20(19)36-3)22(34)33-13-17-9-18(33)12-32(17)21-8-15(11-29-31-21)25(26,27)28/h8,11,16-20,30,35H,4-7,9-10,12-14H2,1-3H3/t16-,17-,18-,19+,20-,24-/m1/s1. The molecule has 206 valence electrons. The quantitative estimate of drug-likeness (QED) is 0.580. The molecule has 1 aromatic heterocycles. The van der Waals surface area contributed by atoms with Crippen molar-refractivity contribution >= 4 is 11.7 Å². The lowest BCUT2D eigenvalue weighted by atomic mass is 9.70. The molecule has 5 rings (SSSR count). The Hall–Kier alpha value is -2.02. The fourth-order valence-electron chi connectivity index (χ4n) is 6.76. The number of aromatic nitrogens is 2. The van der Waals surface area contributed by atoms with E-state index in [0.29, 0.717) is 45.6 Å². The zero-order chi connectivity index (χ0) is 26.6. The van der Waals surface area contributed by atoms with Crippen LogP contribution in [0.1, 0.15) is 51.5 Å². The van der Waals surface area contributed by atoms with Crippen LogP contribution in [-0.4, -0.2) is 95.4 Å². The summed E-state index contributed by atoms with van der Waals surface area (Å²) in [7, 11) is 1.67. The van der Waals surface area contributed by atoms with Crippen molar-refractivity contribution in [2.24, 2.45) is 5.41 Å². The summed E-state index contributed by atoms with van der Waals surface area (Å²) in [5.41, 5.74) is -3.01. The van der Waals surface area contributed by atoms with Crippen molar-refractivity contribution in [3.8, 4) is 0 Å². The van der Waals surface area contributed by atoms with Gasteiger partial charge in [0.05, 0.1) is 47.6 Å². The number of fused-ring (bicyclic) bond motifs is 2. The van der Waals surface area contributed by atoms with Crippen LogP contribution in [0.2, 0.25) is 0 Å². The Balaban J connectivity index is 1.29. The number of amides is 1. The smallest absolute Gasteiger partial charge is 0.389 e. The minimum Gasteiger partial charge on any atom is -0.389 e. The molecule has 6 atom stereocenters. The van der Waals surface area contributed by atoms with E-state index >= 15 is 0 Å². The third kappa shape index (κ3) is 4.81. The molecule has 1 aliphatic carbocycles. The van der Waals surface area contributed by atoms with E-state index in [2.05, 4.69) is 15.5 Å². The Bertz CT molecular complexity index is 1010. The Morgan fingerprint density at radius 2 is 2.05 bits per heavy atom. The summed E-state index contributed by atoms with van der Waals surface area (Å²) in [5.74, 6) is 0.114. The maximum Gasteiger partial charge on any atom is 0.418 e. The van der Waals surface area contributed by atoms with Gasteiger partial charge in [0.2, 0.25) is 5.91 Å². The molecule has 0 unspecified atom stereocenters. The lowest BCUT2D eigenvalue weighted by Crippen LogP contribution is -2.59. The van der Waals surface area contributed by atoms with E-state index in [1.165, 1.54) is 0 Å². The number of anilines is 1. The van der Waals surface area contributed by atoms with Gasteiger partial charge in [0.25, 0.3) is 0 Å². The third-order valence-corrected chi connectivity index (χ3v) is 8.92. The van der Waals surface area contributed by atoms with Gasteiger partial charge in [-0.2, -0.15) is 18.3 Å². The van der Waals surface area contributed by atoms with Gasteiger partial charge in [-0.1, -0.05) is 0 Å². The highest BCUT2D eigenvalue weighted by atomic mass is 19.4. The second kappa shape index (κ2) is 9.62. The first-order valence-electron chi connectivity index (χ1n) is 13.0. The van der Waals surface area contributed by atoms with Crippen LogP contribution in [0.3, 0.4) is 0 Å². The fourth-order valence-corrected chi connectivity index (χ4v) is 6.76. The molecule has 9 nitrogen and oxygen atoms in total. The highest BCUT2D eigenvalue weighted by Crippen LogP contribution is 2.50. The van der Waals surface area contributed by atoms with Gasteiger partial charge in [-0.15, -0.1) is 5.10 Å². The molecule has 0 aromatic carbocycles. The summed E-state index contributed by atoms with van der Waals surface area (Å²) in [6.45, 7) is 5.39. The Morgan fingerprint density at radius 3 is 2.70 bits per heavy atom. The summed E-state index contributed by atoms with van der Waals surface area (Å²) < 4.78 is 50.6. The number of carbonyl (C=O) groups is 1. The SMILES string of the molecule is CO[C@@H]1COCC[C@@H]1N[C@@H]1CC[C@@](C(=O)N2C[C@H]3C[C@@H]2CN3c2cc(C(F)(F)F)cnn2)(C(C)(C)O)C1. The lowest BCUT2D eigenvalue weighted by molar-refractivity contribution is -0.159. The van der Waals surface area contributed by atoms with Gasteiger partial charge in [-0.05, 0) is 52.0 Å². The zero-order valence-corrected chi connectivity index (χ0v) is 21.5. The first kappa shape index (κ1) is 26.6. The van der Waals surface area contributed by atoms with Crippen LogP contribution in [0.4, 0.5) is 19.0 Å². The van der Waals surface area contributed by atoms with Gasteiger partial charge in [0.15, 0.2) is 5.82 Å². The number of rotatable bonds is 6. The normalized spacial score (nSPS) is 34.4. The molecule has 1 aromatic rings. The molecule has 1 amide bonds. The predicted octanol–water partition coefficient (Wildman–Crippen LogP) is 1.99. The second-order valence-electron chi connectivity index (χ2n) is 11.4. The van der Waals surface area contributed by atoms with Crippen LogP contribution >= 0.6 is 0 Å². The monoisotopic (exact) mass is 527 g/mol. The van der Waals surface area contributed by atoms with Crippen LogP contribution in [0.25, 0.3) is 0 Å². The van der Waals surface area contributed by atoms with Crippen LogP contribution in [0.5, 0.6) is 0 Å². The first-order chi connectivity index (χ1) is 17.4. The van der Waals surface area contributed by atoms with Crippen molar-refractivity contribution in [2.75, 3.05) is 38.3 Å². The van der Waals surface area contributed by atoms with Crippen molar-refractivity contribution in [2.45, 2.75) is 88.0 Å². The average Bonchev–Trinajstić information content (AvgIpc) is 3.58. The van der Waals surface area contributed by atoms with Gasteiger partial charge in [0, 0.05) is 38.9 Å². The van der Waals surface area contributed by atoms with E-state index in [-0.39, 0.29) is 42.0 Å². The van der Waals surface area contributed by atoms with Gasteiger partial charge < -0.3 is 29.7 Å². The van der Waals surface area contributed by atoms with Crippen LogP contribution in [0.15, 0.2) is 12.3 Å². The highest BCUT2D eigenvalue weighted by molar-refractivity contribution is 5.85. The molecule has 3 aliphatic heterocycles. The second-order valence-corrected chi connectivity index (χ2v) is 11.4. The van der Waals surface area contributed by atoms with Gasteiger partial charge in [-0.3, -0.25) is 4.79 Å². The van der Waals surface area contributed by atoms with Gasteiger partial charge in [-0.25, -0.2) is 0 Å². The molecule has 2 N–H and O–H groups in total. The minimum absolute atomic E-state index is 0.0548. The number of halogens is 3. The van der Waals surface area contributed by atoms with Crippen molar-refractivity contribution in [3.05, 3.63) is 17.8 Å². The van der Waals surface area contributed by atoms with E-state index < -0.39 is 22.8 Å². The molecule has 0 spiro atoms. The number of nitrogens with one attached hydrogen (secondary N) is 1.